The normalized spacial score (nSPS) is 10.1. The van der Waals surface area contributed by atoms with Gasteiger partial charge in [0, 0.05) is 24.5 Å². The zero-order valence-corrected chi connectivity index (χ0v) is 16.4. The van der Waals surface area contributed by atoms with E-state index < -0.39 is 5.91 Å². The fourth-order valence-corrected chi connectivity index (χ4v) is 2.89. The van der Waals surface area contributed by atoms with Crippen LogP contribution in [-0.4, -0.2) is 29.2 Å². The first-order valence-corrected chi connectivity index (χ1v) is 9.40. The number of nitrogens with zero attached hydrogens (tertiary/aromatic N) is 4. The summed E-state index contributed by atoms with van der Waals surface area (Å²) in [6, 6.07) is 20.2. The van der Waals surface area contributed by atoms with E-state index in [0.717, 1.165) is 24.5 Å². The number of carbonyl (C=O) groups is 1. The minimum Gasteiger partial charge on any atom is -0.372 e. The number of amides is 1. The molecule has 0 saturated carbocycles. The van der Waals surface area contributed by atoms with E-state index in [4.69, 9.17) is 5.26 Å². The molecule has 146 valence electrons. The molecule has 0 unspecified atom stereocenters. The first-order valence-electron chi connectivity index (χ1n) is 9.40. The lowest BCUT2D eigenvalue weighted by Gasteiger charge is -2.21. The number of aromatic nitrogens is 2. The Labute approximate surface area is 170 Å². The molecule has 1 heterocycles. The Bertz CT molecular complexity index is 1000. The molecule has 0 saturated heterocycles. The minimum atomic E-state index is -0.421. The van der Waals surface area contributed by atoms with Crippen LogP contribution in [0.15, 0.2) is 60.7 Å². The average molecular weight is 386 g/mol. The molecule has 0 radical (unpaired) electrons. The summed E-state index contributed by atoms with van der Waals surface area (Å²) in [4.78, 5) is 14.6. The van der Waals surface area contributed by atoms with Crippen molar-refractivity contribution in [3.63, 3.8) is 0 Å². The smallest absolute Gasteiger partial charge is 0.276 e. The largest absolute Gasteiger partial charge is 0.372 e. The van der Waals surface area contributed by atoms with Crippen molar-refractivity contribution in [3.8, 4) is 6.07 Å². The van der Waals surface area contributed by atoms with E-state index in [1.165, 1.54) is 0 Å². The number of rotatable bonds is 7. The molecule has 0 spiro atoms. The lowest BCUT2D eigenvalue weighted by molar-refractivity contribution is 0.102. The van der Waals surface area contributed by atoms with Gasteiger partial charge < -0.3 is 15.5 Å². The predicted octanol–water partition coefficient (Wildman–Crippen LogP) is 4.19. The molecule has 1 amide bonds. The van der Waals surface area contributed by atoms with E-state index in [0.29, 0.717) is 17.1 Å². The lowest BCUT2D eigenvalue weighted by Crippen LogP contribution is -2.21. The van der Waals surface area contributed by atoms with Crippen molar-refractivity contribution in [2.45, 2.75) is 13.8 Å². The Balaban J connectivity index is 1.65. The van der Waals surface area contributed by atoms with Crippen LogP contribution >= 0.6 is 0 Å². The van der Waals surface area contributed by atoms with Crippen LogP contribution in [-0.2, 0) is 0 Å². The fraction of sp³-hybridized carbons (Fsp3) is 0.182. The van der Waals surface area contributed by atoms with Crippen molar-refractivity contribution in [1.82, 2.24) is 10.2 Å². The van der Waals surface area contributed by atoms with Gasteiger partial charge in [-0.15, -0.1) is 10.2 Å². The summed E-state index contributed by atoms with van der Waals surface area (Å²) in [7, 11) is 0. The highest BCUT2D eigenvalue weighted by Gasteiger charge is 2.11. The van der Waals surface area contributed by atoms with Gasteiger partial charge in [0.1, 0.15) is 6.07 Å². The molecule has 29 heavy (non-hydrogen) atoms. The number of nitrogens with one attached hydrogen (secondary N) is 2. The van der Waals surface area contributed by atoms with Gasteiger partial charge in [0.15, 0.2) is 11.5 Å². The van der Waals surface area contributed by atoms with Crippen LogP contribution < -0.4 is 15.5 Å². The molecule has 3 rings (SSSR count). The Morgan fingerprint density at radius 1 is 1.00 bits per heavy atom. The molecule has 2 aromatic carbocycles. The maximum absolute atomic E-state index is 12.4. The molecular weight excluding hydrogens is 364 g/mol. The average Bonchev–Trinajstić information content (AvgIpc) is 2.76. The van der Waals surface area contributed by atoms with Gasteiger partial charge in [-0.05, 0) is 62.4 Å². The highest BCUT2D eigenvalue weighted by Crippen LogP contribution is 2.20. The Hall–Kier alpha value is -3.92. The summed E-state index contributed by atoms with van der Waals surface area (Å²) in [5, 5.41) is 23.0. The second-order valence-electron chi connectivity index (χ2n) is 6.26. The monoisotopic (exact) mass is 386 g/mol. The summed E-state index contributed by atoms with van der Waals surface area (Å²) >= 11 is 0. The molecule has 2 N–H and O–H groups in total. The van der Waals surface area contributed by atoms with Crippen LogP contribution in [0.1, 0.15) is 29.9 Å². The zero-order chi connectivity index (χ0) is 20.6. The van der Waals surface area contributed by atoms with E-state index in [1.807, 2.05) is 18.2 Å². The second-order valence-corrected chi connectivity index (χ2v) is 6.26. The quantitative estimate of drug-likeness (QED) is 0.632. The standard InChI is InChI=1S/C22H22N6O/c1-3-28(4-2)18-11-9-17(10-12-18)24-21-14-13-20(26-27-21)22(29)25-19-8-6-5-7-16(19)15-23/h5-14H,3-4H2,1-2H3,(H,24,27)(H,25,29). The van der Waals surface area contributed by atoms with Crippen molar-refractivity contribution < 1.29 is 4.79 Å². The summed E-state index contributed by atoms with van der Waals surface area (Å²) < 4.78 is 0. The summed E-state index contributed by atoms with van der Waals surface area (Å²) in [5.41, 5.74) is 3.05. The zero-order valence-electron chi connectivity index (χ0n) is 16.4. The van der Waals surface area contributed by atoms with Crippen molar-refractivity contribution in [1.29, 1.82) is 5.26 Å². The van der Waals surface area contributed by atoms with Gasteiger partial charge in [0.2, 0.25) is 0 Å². The van der Waals surface area contributed by atoms with Crippen LogP contribution in [0.2, 0.25) is 0 Å². The van der Waals surface area contributed by atoms with E-state index in [2.05, 4.69) is 51.7 Å². The van der Waals surface area contributed by atoms with Crippen LogP contribution in [0.3, 0.4) is 0 Å². The Morgan fingerprint density at radius 3 is 2.34 bits per heavy atom. The van der Waals surface area contributed by atoms with Crippen molar-refractivity contribution in [2.75, 3.05) is 28.6 Å². The fourth-order valence-electron chi connectivity index (χ4n) is 2.89. The molecule has 0 fully saturated rings. The number of para-hydroxylation sites is 1. The number of nitriles is 1. The van der Waals surface area contributed by atoms with Gasteiger partial charge in [0.25, 0.3) is 5.91 Å². The molecule has 0 aliphatic carbocycles. The van der Waals surface area contributed by atoms with Gasteiger partial charge in [-0.3, -0.25) is 4.79 Å². The molecule has 0 aliphatic heterocycles. The van der Waals surface area contributed by atoms with E-state index >= 15 is 0 Å². The number of hydrogen-bond donors (Lipinski definition) is 2. The first-order chi connectivity index (χ1) is 14.1. The van der Waals surface area contributed by atoms with Gasteiger partial charge in [0.05, 0.1) is 11.3 Å². The van der Waals surface area contributed by atoms with Crippen LogP contribution in [0.25, 0.3) is 0 Å². The SMILES string of the molecule is CCN(CC)c1ccc(Nc2ccc(C(=O)Nc3ccccc3C#N)nn2)cc1. The molecule has 0 atom stereocenters. The number of benzene rings is 2. The molecule has 3 aromatic rings. The van der Waals surface area contributed by atoms with Gasteiger partial charge in [-0.25, -0.2) is 0 Å². The highest BCUT2D eigenvalue weighted by atomic mass is 16.1. The molecule has 7 nitrogen and oxygen atoms in total. The van der Waals surface area contributed by atoms with Crippen LogP contribution in [0, 0.1) is 11.3 Å². The summed E-state index contributed by atoms with van der Waals surface area (Å²) in [6.07, 6.45) is 0. The molecule has 0 bridgehead atoms. The topological polar surface area (TPSA) is 93.9 Å². The van der Waals surface area contributed by atoms with Gasteiger partial charge in [-0.2, -0.15) is 5.26 Å². The third kappa shape index (κ3) is 4.87. The van der Waals surface area contributed by atoms with Crippen molar-refractivity contribution in [3.05, 3.63) is 71.9 Å². The second kappa shape index (κ2) is 9.33. The molecule has 7 heteroatoms. The van der Waals surface area contributed by atoms with Crippen molar-refractivity contribution >= 4 is 28.8 Å². The predicted molar refractivity (Wildman–Crippen MR) is 114 cm³/mol. The minimum absolute atomic E-state index is 0.167. The highest BCUT2D eigenvalue weighted by molar-refractivity contribution is 6.03. The number of anilines is 4. The number of hydrogen-bond acceptors (Lipinski definition) is 6. The van der Waals surface area contributed by atoms with Gasteiger partial charge >= 0.3 is 0 Å². The molecule has 1 aromatic heterocycles. The van der Waals surface area contributed by atoms with Crippen LogP contribution in [0.5, 0.6) is 0 Å². The lowest BCUT2D eigenvalue weighted by atomic mass is 10.2. The Kier molecular flexibility index (Phi) is 6.38. The van der Waals surface area contributed by atoms with E-state index in [9.17, 15) is 4.79 Å². The van der Waals surface area contributed by atoms with Gasteiger partial charge in [-0.1, -0.05) is 12.1 Å². The molecular formula is C22H22N6O. The van der Waals surface area contributed by atoms with E-state index in [-0.39, 0.29) is 5.69 Å². The van der Waals surface area contributed by atoms with Crippen LogP contribution in [0.4, 0.5) is 22.9 Å². The maximum atomic E-state index is 12.4. The molecule has 0 aliphatic rings. The third-order valence-electron chi connectivity index (χ3n) is 4.46. The maximum Gasteiger partial charge on any atom is 0.276 e. The Morgan fingerprint density at radius 2 is 1.72 bits per heavy atom. The number of carbonyl (C=O) groups excluding carboxylic acids is 1. The van der Waals surface area contributed by atoms with Crippen molar-refractivity contribution in [2.24, 2.45) is 0 Å². The summed E-state index contributed by atoms with van der Waals surface area (Å²) in [6.45, 7) is 6.16. The first kappa shape index (κ1) is 19.8. The summed E-state index contributed by atoms with van der Waals surface area (Å²) in [5.74, 6) is 0.116. The van der Waals surface area contributed by atoms with E-state index in [1.54, 1.807) is 36.4 Å². The third-order valence-corrected chi connectivity index (χ3v) is 4.46.